The van der Waals surface area contributed by atoms with E-state index in [4.69, 9.17) is 9.47 Å². The summed E-state index contributed by atoms with van der Waals surface area (Å²) >= 11 is 0. The van der Waals surface area contributed by atoms with Crippen LogP contribution in [0.25, 0.3) is 11.1 Å². The number of ether oxygens (including phenoxy) is 2. The van der Waals surface area contributed by atoms with Crippen LogP contribution >= 0.6 is 0 Å². The number of aliphatic hydroxyl groups excluding tert-OH is 1. The van der Waals surface area contributed by atoms with Crippen LogP contribution in [0.4, 0.5) is 0 Å². The van der Waals surface area contributed by atoms with Crippen molar-refractivity contribution in [2.45, 2.75) is 122 Å². The van der Waals surface area contributed by atoms with Crippen LogP contribution in [0, 0.1) is 11.8 Å². The van der Waals surface area contributed by atoms with Gasteiger partial charge in [-0.2, -0.15) is 0 Å². The molecule has 0 unspecified atom stereocenters. The average Bonchev–Trinajstić information content (AvgIpc) is 3.11. The highest BCUT2D eigenvalue weighted by atomic mass is 16.7. The normalized spacial score (nSPS) is 27.3. The fourth-order valence-corrected chi connectivity index (χ4v) is 8.22. The van der Waals surface area contributed by atoms with E-state index in [0.717, 1.165) is 52.6 Å². The topological polar surface area (TPSA) is 100 Å². The summed E-state index contributed by atoms with van der Waals surface area (Å²) in [5.41, 5.74) is 5.65. The van der Waals surface area contributed by atoms with Crippen LogP contribution in [0.3, 0.4) is 0 Å². The average molecular weight is 682 g/mol. The van der Waals surface area contributed by atoms with Crippen molar-refractivity contribution in [2.24, 2.45) is 11.8 Å². The Kier molecular flexibility index (Phi) is 11.4. The third-order valence-corrected chi connectivity index (χ3v) is 10.8. The van der Waals surface area contributed by atoms with Crippen LogP contribution < -0.4 is 10.6 Å². The van der Waals surface area contributed by atoms with Gasteiger partial charge in [-0.1, -0.05) is 80.4 Å². The molecule has 0 radical (unpaired) electrons. The number of likely N-dealkylation sites (tertiary alicyclic amines) is 1. The van der Waals surface area contributed by atoms with Crippen LogP contribution in [0.15, 0.2) is 72.8 Å². The van der Waals surface area contributed by atoms with Crippen molar-refractivity contribution in [3.8, 4) is 11.1 Å². The van der Waals surface area contributed by atoms with Crippen molar-refractivity contribution >= 4 is 11.8 Å². The van der Waals surface area contributed by atoms with E-state index < -0.39 is 6.29 Å². The van der Waals surface area contributed by atoms with Gasteiger partial charge in [0.1, 0.15) is 0 Å². The Labute approximate surface area is 297 Å². The number of piperidine rings is 1. The Morgan fingerprint density at radius 3 is 2.30 bits per heavy atom. The van der Waals surface area contributed by atoms with Gasteiger partial charge in [0.2, 0.25) is 11.8 Å². The van der Waals surface area contributed by atoms with Gasteiger partial charge in [-0.05, 0) is 92.3 Å². The second kappa shape index (κ2) is 15.8. The number of hydrogen-bond donors (Lipinski definition) is 3. The summed E-state index contributed by atoms with van der Waals surface area (Å²) in [7, 11) is 0. The molecule has 3 fully saturated rings. The standard InChI is InChI=1S/C42H55N3O5/c1-27-38(25-45-36-15-7-6-11-31(36)20-21-37(45)40(48)44-42(3,4)5)49-41(50-39(27)32-18-16-29(26-46)17-19-32)35-14-9-13-34(23-35)33-12-8-10-30(22-33)24-43-28(2)47/h8-10,12-14,16-19,22-23,27,31,36-39,41,46H,6-7,11,15,20-21,24-26H2,1-5H3,(H,43,47)(H,44,48)/t27-,31-,36-,37-,38+,39+,41+/m1/s1. The van der Waals surface area contributed by atoms with Crippen molar-refractivity contribution in [3.05, 3.63) is 95.1 Å². The third-order valence-electron chi connectivity index (χ3n) is 10.8. The Balaban J connectivity index is 1.32. The number of nitrogens with one attached hydrogen (secondary N) is 2. The molecule has 0 aromatic heterocycles. The first-order chi connectivity index (χ1) is 24.0. The Morgan fingerprint density at radius 2 is 1.58 bits per heavy atom. The van der Waals surface area contributed by atoms with E-state index in [-0.39, 0.29) is 48.1 Å². The zero-order valence-electron chi connectivity index (χ0n) is 30.4. The minimum atomic E-state index is -0.616. The number of benzene rings is 3. The molecule has 50 heavy (non-hydrogen) atoms. The van der Waals surface area contributed by atoms with Gasteiger partial charge in [-0.3, -0.25) is 14.5 Å². The number of nitrogens with zero attached hydrogens (tertiary/aromatic N) is 1. The summed E-state index contributed by atoms with van der Waals surface area (Å²) in [6.07, 6.45) is 5.69. The van der Waals surface area contributed by atoms with E-state index in [1.807, 2.05) is 30.3 Å². The van der Waals surface area contributed by atoms with E-state index >= 15 is 0 Å². The van der Waals surface area contributed by atoms with Gasteiger partial charge in [-0.25, -0.2) is 0 Å². The molecule has 3 aliphatic rings. The summed E-state index contributed by atoms with van der Waals surface area (Å²) < 4.78 is 13.8. The van der Waals surface area contributed by atoms with Crippen molar-refractivity contribution < 1.29 is 24.2 Å². The molecule has 268 valence electrons. The molecule has 7 atom stereocenters. The Hall–Kier alpha value is -3.56. The number of amides is 2. The predicted molar refractivity (Wildman–Crippen MR) is 196 cm³/mol. The molecular weight excluding hydrogens is 626 g/mol. The summed E-state index contributed by atoms with van der Waals surface area (Å²) in [6.45, 7) is 11.0. The molecule has 1 saturated carbocycles. The molecule has 3 N–H and O–H groups in total. The first kappa shape index (κ1) is 36.2. The Morgan fingerprint density at radius 1 is 0.860 bits per heavy atom. The molecule has 2 saturated heterocycles. The molecule has 2 amide bonds. The largest absolute Gasteiger partial charge is 0.392 e. The van der Waals surface area contributed by atoms with Gasteiger partial charge in [0, 0.05) is 43.1 Å². The summed E-state index contributed by atoms with van der Waals surface area (Å²) in [4.78, 5) is 27.9. The van der Waals surface area contributed by atoms with Gasteiger partial charge in [-0.15, -0.1) is 0 Å². The molecule has 1 aliphatic carbocycles. The fraction of sp³-hybridized carbons (Fsp3) is 0.524. The van der Waals surface area contributed by atoms with Gasteiger partial charge < -0.3 is 25.2 Å². The van der Waals surface area contributed by atoms with E-state index in [2.05, 4.69) is 85.7 Å². The van der Waals surface area contributed by atoms with E-state index in [9.17, 15) is 14.7 Å². The number of hydrogen-bond acceptors (Lipinski definition) is 6. The first-order valence-electron chi connectivity index (χ1n) is 18.5. The highest BCUT2D eigenvalue weighted by Gasteiger charge is 2.46. The zero-order chi connectivity index (χ0) is 35.4. The Bertz CT molecular complexity index is 1620. The monoisotopic (exact) mass is 681 g/mol. The summed E-state index contributed by atoms with van der Waals surface area (Å²) in [5.74, 6) is 0.670. The number of carbonyl (C=O) groups excluding carboxylic acids is 2. The van der Waals surface area contributed by atoms with Gasteiger partial charge in [0.15, 0.2) is 6.29 Å². The lowest BCUT2D eigenvalue weighted by Crippen LogP contribution is -2.61. The third kappa shape index (κ3) is 8.65. The predicted octanol–water partition coefficient (Wildman–Crippen LogP) is 7.21. The molecule has 2 heterocycles. The highest BCUT2D eigenvalue weighted by molar-refractivity contribution is 5.82. The van der Waals surface area contributed by atoms with Crippen LogP contribution in [0.2, 0.25) is 0 Å². The number of fused-ring (bicyclic) bond motifs is 1. The maximum Gasteiger partial charge on any atom is 0.237 e. The fourth-order valence-electron chi connectivity index (χ4n) is 8.22. The first-order valence-corrected chi connectivity index (χ1v) is 18.5. The van der Waals surface area contributed by atoms with Crippen LogP contribution in [-0.4, -0.2) is 52.1 Å². The van der Waals surface area contributed by atoms with Crippen LogP contribution in [0.5, 0.6) is 0 Å². The molecule has 8 nitrogen and oxygen atoms in total. The van der Waals surface area contributed by atoms with Gasteiger partial charge in [0.25, 0.3) is 0 Å². The lowest BCUT2D eigenvalue weighted by molar-refractivity contribution is -0.278. The molecule has 0 bridgehead atoms. The minimum Gasteiger partial charge on any atom is -0.392 e. The highest BCUT2D eigenvalue weighted by Crippen LogP contribution is 2.45. The second-order valence-corrected chi connectivity index (χ2v) is 15.7. The zero-order valence-corrected chi connectivity index (χ0v) is 30.4. The number of carbonyl (C=O) groups is 2. The van der Waals surface area contributed by atoms with Gasteiger partial charge >= 0.3 is 0 Å². The minimum absolute atomic E-state index is 0.00941. The van der Waals surface area contributed by atoms with Crippen molar-refractivity contribution in [2.75, 3.05) is 6.54 Å². The van der Waals surface area contributed by atoms with Crippen molar-refractivity contribution in [1.82, 2.24) is 15.5 Å². The van der Waals surface area contributed by atoms with Crippen LogP contribution in [0.1, 0.15) is 108 Å². The molecule has 3 aromatic rings. The van der Waals surface area contributed by atoms with E-state index in [0.29, 0.717) is 25.0 Å². The maximum absolute atomic E-state index is 13.9. The molecular formula is C42H55N3O5. The van der Waals surface area contributed by atoms with Gasteiger partial charge in [0.05, 0.1) is 24.9 Å². The number of rotatable bonds is 9. The maximum atomic E-state index is 13.9. The molecule has 8 heteroatoms. The van der Waals surface area contributed by atoms with Crippen molar-refractivity contribution in [3.63, 3.8) is 0 Å². The van der Waals surface area contributed by atoms with Crippen LogP contribution in [-0.2, 0) is 32.2 Å². The SMILES string of the molecule is CC(=O)NCc1cccc(-c2cccc([C@H]3O[C@@H](CN4[C@@H](C(=O)NC(C)(C)C)CC[C@H]5CCCC[C@H]54)[C@@H](C)[C@@H](c4ccc(CO)cc4)O3)c2)c1. The van der Waals surface area contributed by atoms with Crippen molar-refractivity contribution in [1.29, 1.82) is 0 Å². The lowest BCUT2D eigenvalue weighted by atomic mass is 9.75. The summed E-state index contributed by atoms with van der Waals surface area (Å²) in [5, 5.41) is 15.9. The number of aliphatic hydroxyl groups is 1. The molecule has 6 rings (SSSR count). The molecule has 2 aliphatic heterocycles. The molecule has 0 spiro atoms. The lowest BCUT2D eigenvalue weighted by Gasteiger charge is -2.51. The second-order valence-electron chi connectivity index (χ2n) is 15.7. The smallest absolute Gasteiger partial charge is 0.237 e. The van der Waals surface area contributed by atoms with E-state index in [1.54, 1.807) is 0 Å². The quantitative estimate of drug-likeness (QED) is 0.221. The molecule has 3 aromatic carbocycles. The van der Waals surface area contributed by atoms with E-state index in [1.165, 1.54) is 26.2 Å². The summed E-state index contributed by atoms with van der Waals surface area (Å²) in [6, 6.07) is 24.7.